The van der Waals surface area contributed by atoms with Crippen molar-refractivity contribution in [1.82, 2.24) is 4.98 Å². The van der Waals surface area contributed by atoms with Gasteiger partial charge in [0.05, 0.1) is 0 Å². The summed E-state index contributed by atoms with van der Waals surface area (Å²) in [5.74, 6) is 0. The number of hydrogen-bond donors (Lipinski definition) is 1. The summed E-state index contributed by atoms with van der Waals surface area (Å²) in [4.78, 5) is 3.98. The molecule has 0 aromatic carbocycles. The molecule has 0 aliphatic carbocycles. The van der Waals surface area contributed by atoms with Gasteiger partial charge >= 0.3 is 0 Å². The number of nitrogens with zero attached hydrogens (tertiary/aromatic N) is 1. The Morgan fingerprint density at radius 3 is 2.54 bits per heavy atom. The fraction of sp³-hybridized carbons (Fsp3) is 0.444. The Morgan fingerprint density at radius 2 is 2.08 bits per heavy atom. The van der Waals surface area contributed by atoms with E-state index in [-0.39, 0.29) is 5.41 Å². The van der Waals surface area contributed by atoms with E-state index in [1.807, 2.05) is 13.8 Å². The predicted octanol–water partition coefficient (Wildman–Crippen LogP) is 2.62. The summed E-state index contributed by atoms with van der Waals surface area (Å²) in [5, 5.41) is 1.03. The summed E-state index contributed by atoms with van der Waals surface area (Å²) in [5.41, 5.74) is 6.40. The van der Waals surface area contributed by atoms with Gasteiger partial charge in [-0.1, -0.05) is 37.0 Å². The maximum atomic E-state index is 6.01. The van der Waals surface area contributed by atoms with E-state index in [0.29, 0.717) is 16.7 Å². The minimum Gasteiger partial charge on any atom is -0.330 e. The van der Waals surface area contributed by atoms with Crippen LogP contribution in [-0.2, 0) is 5.41 Å². The van der Waals surface area contributed by atoms with Crippen molar-refractivity contribution in [3.8, 4) is 0 Å². The van der Waals surface area contributed by atoms with Gasteiger partial charge in [0, 0.05) is 23.2 Å². The monoisotopic (exact) mass is 218 g/mol. The number of hydrogen-bond acceptors (Lipinski definition) is 2. The first-order chi connectivity index (χ1) is 5.97. The summed E-state index contributed by atoms with van der Waals surface area (Å²) in [6.45, 7) is 4.56. The zero-order valence-corrected chi connectivity index (χ0v) is 9.15. The third kappa shape index (κ3) is 2.33. The van der Waals surface area contributed by atoms with Gasteiger partial charge in [0.2, 0.25) is 0 Å². The van der Waals surface area contributed by atoms with Gasteiger partial charge in [-0.3, -0.25) is 0 Å². The lowest BCUT2D eigenvalue weighted by molar-refractivity contribution is 0.537. The highest BCUT2D eigenvalue weighted by Crippen LogP contribution is 2.29. The van der Waals surface area contributed by atoms with Gasteiger partial charge in [0.25, 0.3) is 0 Å². The van der Waals surface area contributed by atoms with E-state index in [4.69, 9.17) is 28.9 Å². The lowest BCUT2D eigenvalue weighted by Gasteiger charge is -2.23. The Morgan fingerprint density at radius 1 is 1.46 bits per heavy atom. The zero-order valence-electron chi connectivity index (χ0n) is 7.64. The van der Waals surface area contributed by atoms with E-state index in [1.54, 1.807) is 12.3 Å². The van der Waals surface area contributed by atoms with Crippen molar-refractivity contribution in [2.45, 2.75) is 19.3 Å². The SMILES string of the molecule is CC(C)(CN)c1cnc(Cl)cc1Cl. The van der Waals surface area contributed by atoms with Gasteiger partial charge in [-0.25, -0.2) is 4.98 Å². The van der Waals surface area contributed by atoms with E-state index >= 15 is 0 Å². The second kappa shape index (κ2) is 3.82. The van der Waals surface area contributed by atoms with Crippen molar-refractivity contribution in [3.63, 3.8) is 0 Å². The van der Waals surface area contributed by atoms with Gasteiger partial charge in [-0.2, -0.15) is 0 Å². The number of rotatable bonds is 2. The largest absolute Gasteiger partial charge is 0.330 e. The van der Waals surface area contributed by atoms with E-state index in [0.717, 1.165) is 5.56 Å². The Kier molecular flexibility index (Phi) is 3.17. The van der Waals surface area contributed by atoms with Crippen LogP contribution in [0.3, 0.4) is 0 Å². The summed E-state index contributed by atoms with van der Waals surface area (Å²) in [7, 11) is 0. The van der Waals surface area contributed by atoms with Crippen molar-refractivity contribution in [3.05, 3.63) is 28.0 Å². The fourth-order valence-corrected chi connectivity index (χ4v) is 1.64. The molecule has 72 valence electrons. The molecule has 0 fully saturated rings. The quantitative estimate of drug-likeness (QED) is 0.776. The molecule has 0 radical (unpaired) electrons. The Bertz CT molecular complexity index is 310. The van der Waals surface area contributed by atoms with Crippen LogP contribution in [0.25, 0.3) is 0 Å². The lowest BCUT2D eigenvalue weighted by atomic mass is 9.86. The van der Waals surface area contributed by atoms with Crippen molar-refractivity contribution >= 4 is 23.2 Å². The standard InChI is InChI=1S/C9H12Cl2N2/c1-9(2,5-12)6-4-13-8(11)3-7(6)10/h3-4H,5,12H2,1-2H3. The molecule has 0 saturated carbocycles. The first-order valence-corrected chi connectivity index (χ1v) is 4.74. The lowest BCUT2D eigenvalue weighted by Crippen LogP contribution is -2.28. The van der Waals surface area contributed by atoms with Crippen LogP contribution in [0.2, 0.25) is 10.2 Å². The average molecular weight is 219 g/mol. The second-order valence-electron chi connectivity index (χ2n) is 3.57. The molecular formula is C9H12Cl2N2. The first-order valence-electron chi connectivity index (χ1n) is 3.99. The van der Waals surface area contributed by atoms with Crippen LogP contribution < -0.4 is 5.73 Å². The molecule has 2 nitrogen and oxygen atoms in total. The summed E-state index contributed by atoms with van der Waals surface area (Å²) in [6, 6.07) is 1.63. The Hall–Kier alpha value is -0.310. The van der Waals surface area contributed by atoms with E-state index in [1.165, 1.54) is 0 Å². The number of aromatic nitrogens is 1. The molecule has 1 aromatic heterocycles. The molecule has 2 N–H and O–H groups in total. The molecule has 0 saturated heterocycles. The van der Waals surface area contributed by atoms with E-state index < -0.39 is 0 Å². The molecular weight excluding hydrogens is 207 g/mol. The topological polar surface area (TPSA) is 38.9 Å². The van der Waals surface area contributed by atoms with Gasteiger partial charge in [0.15, 0.2) is 0 Å². The number of halogens is 2. The third-order valence-corrected chi connectivity index (χ3v) is 2.58. The van der Waals surface area contributed by atoms with Crippen LogP contribution in [0.4, 0.5) is 0 Å². The highest BCUT2D eigenvalue weighted by atomic mass is 35.5. The molecule has 4 heteroatoms. The van der Waals surface area contributed by atoms with Crippen LogP contribution in [-0.4, -0.2) is 11.5 Å². The second-order valence-corrected chi connectivity index (χ2v) is 4.37. The van der Waals surface area contributed by atoms with Crippen molar-refractivity contribution < 1.29 is 0 Å². The van der Waals surface area contributed by atoms with Crippen LogP contribution >= 0.6 is 23.2 Å². The van der Waals surface area contributed by atoms with E-state index in [2.05, 4.69) is 4.98 Å². The van der Waals surface area contributed by atoms with Crippen molar-refractivity contribution in [2.75, 3.05) is 6.54 Å². The minimum atomic E-state index is -0.158. The Labute approximate surface area is 88.1 Å². The maximum Gasteiger partial charge on any atom is 0.130 e. The Balaban J connectivity index is 3.16. The van der Waals surface area contributed by atoms with Crippen molar-refractivity contribution in [2.24, 2.45) is 5.73 Å². The van der Waals surface area contributed by atoms with E-state index in [9.17, 15) is 0 Å². The molecule has 1 heterocycles. The third-order valence-electron chi connectivity index (χ3n) is 2.06. The zero-order chi connectivity index (χ0) is 10.1. The smallest absolute Gasteiger partial charge is 0.130 e. The molecule has 0 unspecified atom stereocenters. The van der Waals surface area contributed by atoms with Crippen LogP contribution in [0, 0.1) is 0 Å². The highest BCUT2D eigenvalue weighted by Gasteiger charge is 2.21. The summed E-state index contributed by atoms with van der Waals surface area (Å²) < 4.78 is 0. The van der Waals surface area contributed by atoms with Gasteiger partial charge in [0.1, 0.15) is 5.15 Å². The van der Waals surface area contributed by atoms with Crippen LogP contribution in [0.1, 0.15) is 19.4 Å². The number of pyridine rings is 1. The molecule has 1 aromatic rings. The van der Waals surface area contributed by atoms with Gasteiger partial charge < -0.3 is 5.73 Å². The highest BCUT2D eigenvalue weighted by molar-refractivity contribution is 6.34. The predicted molar refractivity (Wildman–Crippen MR) is 56.3 cm³/mol. The number of nitrogens with two attached hydrogens (primary N) is 1. The van der Waals surface area contributed by atoms with Crippen molar-refractivity contribution in [1.29, 1.82) is 0 Å². The molecule has 0 atom stereocenters. The van der Waals surface area contributed by atoms with Crippen LogP contribution in [0.5, 0.6) is 0 Å². The average Bonchev–Trinajstić information content (AvgIpc) is 2.03. The first kappa shape index (κ1) is 10.8. The minimum absolute atomic E-state index is 0.158. The molecule has 0 aliphatic rings. The fourth-order valence-electron chi connectivity index (χ4n) is 1.02. The normalized spacial score (nSPS) is 11.8. The van der Waals surface area contributed by atoms with Gasteiger partial charge in [-0.05, 0) is 11.6 Å². The van der Waals surface area contributed by atoms with Gasteiger partial charge in [-0.15, -0.1) is 0 Å². The molecule has 0 aliphatic heterocycles. The molecule has 13 heavy (non-hydrogen) atoms. The summed E-state index contributed by atoms with van der Waals surface area (Å²) in [6.07, 6.45) is 1.68. The molecule has 0 bridgehead atoms. The molecule has 0 amide bonds. The molecule has 0 spiro atoms. The molecule has 1 rings (SSSR count). The summed E-state index contributed by atoms with van der Waals surface area (Å²) >= 11 is 11.7. The van der Waals surface area contributed by atoms with Crippen LogP contribution in [0.15, 0.2) is 12.3 Å². The maximum absolute atomic E-state index is 6.01.